The van der Waals surface area contributed by atoms with Crippen LogP contribution in [0.5, 0.6) is 0 Å². The van der Waals surface area contributed by atoms with E-state index < -0.39 is 25.4 Å². The lowest BCUT2D eigenvalue weighted by Crippen LogP contribution is -2.26. The van der Waals surface area contributed by atoms with E-state index in [0.29, 0.717) is 0 Å². The summed E-state index contributed by atoms with van der Waals surface area (Å²) < 4.78 is 56.3. The SMILES string of the molecule is CCCC.FCCC(F)(F)C(F)F. The van der Waals surface area contributed by atoms with Crippen LogP contribution in [-0.4, -0.2) is 19.0 Å². The van der Waals surface area contributed by atoms with Crippen molar-refractivity contribution < 1.29 is 22.0 Å². The molecule has 0 aromatic rings. The van der Waals surface area contributed by atoms with Crippen molar-refractivity contribution in [3.05, 3.63) is 0 Å². The van der Waals surface area contributed by atoms with E-state index in [-0.39, 0.29) is 0 Å². The molecule has 5 heteroatoms. The predicted octanol–water partition coefficient (Wildman–Crippen LogP) is 4.05. The van der Waals surface area contributed by atoms with E-state index in [9.17, 15) is 22.0 Å². The Kier molecular flexibility index (Phi) is 9.61. The van der Waals surface area contributed by atoms with Crippen LogP contribution in [0.2, 0.25) is 0 Å². The third kappa shape index (κ3) is 9.56. The van der Waals surface area contributed by atoms with Gasteiger partial charge in [0.2, 0.25) is 0 Å². The maximum Gasteiger partial charge on any atom is 0.310 e. The van der Waals surface area contributed by atoms with Gasteiger partial charge >= 0.3 is 12.3 Å². The Morgan fingerprint density at radius 3 is 1.54 bits per heavy atom. The number of hydrogen-bond acceptors (Lipinski definition) is 0. The molecule has 0 unspecified atom stereocenters. The summed E-state index contributed by atoms with van der Waals surface area (Å²) in [7, 11) is 0. The molecule has 0 spiro atoms. The van der Waals surface area contributed by atoms with Gasteiger partial charge in [0.1, 0.15) is 0 Å². The first-order valence-electron chi connectivity index (χ1n) is 4.14. The smallest absolute Gasteiger partial charge is 0.251 e. The second-order valence-electron chi connectivity index (χ2n) is 2.50. The first-order chi connectivity index (χ1) is 5.92. The zero-order chi connectivity index (χ0) is 10.9. The summed E-state index contributed by atoms with van der Waals surface area (Å²) in [6.45, 7) is 2.94. The molecule has 0 nitrogen and oxygen atoms in total. The van der Waals surface area contributed by atoms with Crippen molar-refractivity contribution in [2.45, 2.75) is 45.5 Å². The van der Waals surface area contributed by atoms with E-state index in [1.165, 1.54) is 12.8 Å². The van der Waals surface area contributed by atoms with Gasteiger partial charge in [0.25, 0.3) is 0 Å². The Balaban J connectivity index is 0. The Morgan fingerprint density at radius 2 is 1.46 bits per heavy atom. The summed E-state index contributed by atoms with van der Waals surface area (Å²) in [5, 5.41) is 0. The van der Waals surface area contributed by atoms with Crippen LogP contribution in [0.15, 0.2) is 0 Å². The Bertz CT molecular complexity index is 101. The van der Waals surface area contributed by atoms with Crippen molar-refractivity contribution in [2.75, 3.05) is 6.67 Å². The lowest BCUT2D eigenvalue weighted by molar-refractivity contribution is -0.134. The van der Waals surface area contributed by atoms with Gasteiger partial charge in [0, 0.05) is 6.42 Å². The maximum absolute atomic E-state index is 11.6. The normalized spacial score (nSPS) is 11.1. The van der Waals surface area contributed by atoms with Gasteiger partial charge in [0.15, 0.2) is 0 Å². The molecule has 13 heavy (non-hydrogen) atoms. The standard InChI is InChI=1S/C4H5F5.C4H10/c5-2-1-4(8,9)3(6)7;1-3-4-2/h3H,1-2H2;3-4H2,1-2H3. The fraction of sp³-hybridized carbons (Fsp3) is 1.00. The van der Waals surface area contributed by atoms with Crippen molar-refractivity contribution in [2.24, 2.45) is 0 Å². The second kappa shape index (κ2) is 8.26. The fourth-order valence-corrected chi connectivity index (χ4v) is 0.235. The molecule has 0 heterocycles. The third-order valence-corrected chi connectivity index (χ3v) is 1.25. The van der Waals surface area contributed by atoms with E-state index in [1.807, 2.05) is 0 Å². The van der Waals surface area contributed by atoms with Crippen molar-refractivity contribution in [3.63, 3.8) is 0 Å². The number of rotatable bonds is 4. The highest BCUT2D eigenvalue weighted by atomic mass is 19.3. The molecule has 0 radical (unpaired) electrons. The van der Waals surface area contributed by atoms with Crippen molar-refractivity contribution in [1.29, 1.82) is 0 Å². The zero-order valence-corrected chi connectivity index (χ0v) is 7.80. The summed E-state index contributed by atoms with van der Waals surface area (Å²) >= 11 is 0. The largest absolute Gasteiger partial charge is 0.310 e. The molecule has 0 aliphatic heterocycles. The van der Waals surface area contributed by atoms with Gasteiger partial charge in [-0.15, -0.1) is 0 Å². The van der Waals surface area contributed by atoms with Crippen molar-refractivity contribution >= 4 is 0 Å². The number of hydrogen-bond donors (Lipinski definition) is 0. The third-order valence-electron chi connectivity index (χ3n) is 1.25. The molecule has 0 rings (SSSR count). The number of unbranched alkanes of at least 4 members (excludes halogenated alkanes) is 1. The summed E-state index contributed by atoms with van der Waals surface area (Å²) in [5.74, 6) is -4.16. The topological polar surface area (TPSA) is 0 Å². The quantitative estimate of drug-likeness (QED) is 0.608. The predicted molar refractivity (Wildman–Crippen MR) is 42.1 cm³/mol. The molecule has 0 amide bonds. The van der Waals surface area contributed by atoms with Crippen molar-refractivity contribution in [1.82, 2.24) is 0 Å². The van der Waals surface area contributed by atoms with E-state index in [2.05, 4.69) is 13.8 Å². The van der Waals surface area contributed by atoms with Crippen molar-refractivity contribution in [3.8, 4) is 0 Å². The number of alkyl halides is 5. The van der Waals surface area contributed by atoms with Crippen LogP contribution >= 0.6 is 0 Å². The minimum absolute atomic E-state index is 1.32. The van der Waals surface area contributed by atoms with Crippen LogP contribution in [-0.2, 0) is 0 Å². The molecule has 0 saturated heterocycles. The molecule has 0 aromatic carbocycles. The lowest BCUT2D eigenvalue weighted by atomic mass is 10.3. The highest BCUT2D eigenvalue weighted by molar-refractivity contribution is 4.67. The molecule has 0 fully saturated rings. The van der Waals surface area contributed by atoms with E-state index in [0.717, 1.165) is 0 Å². The van der Waals surface area contributed by atoms with Crippen LogP contribution in [0.3, 0.4) is 0 Å². The average Bonchev–Trinajstić information content (AvgIpc) is 2.05. The van der Waals surface area contributed by atoms with Crippen LogP contribution in [0.4, 0.5) is 22.0 Å². The summed E-state index contributed by atoms with van der Waals surface area (Å²) in [6.07, 6.45) is -2.52. The molecule has 82 valence electrons. The highest BCUT2D eigenvalue weighted by Gasteiger charge is 2.39. The molecule has 0 N–H and O–H groups in total. The molecule has 0 aliphatic rings. The summed E-state index contributed by atoms with van der Waals surface area (Å²) in [6, 6.07) is 0. The van der Waals surface area contributed by atoms with E-state index in [4.69, 9.17) is 0 Å². The Morgan fingerprint density at radius 1 is 1.08 bits per heavy atom. The zero-order valence-electron chi connectivity index (χ0n) is 7.80. The van der Waals surface area contributed by atoms with Gasteiger partial charge in [-0.25, -0.2) is 17.6 Å². The molecule has 0 saturated carbocycles. The van der Waals surface area contributed by atoms with E-state index >= 15 is 0 Å². The first-order valence-corrected chi connectivity index (χ1v) is 4.14. The molecular weight excluding hydrogens is 191 g/mol. The van der Waals surface area contributed by atoms with Crippen LogP contribution < -0.4 is 0 Å². The van der Waals surface area contributed by atoms with E-state index in [1.54, 1.807) is 0 Å². The molecule has 0 bridgehead atoms. The Hall–Kier alpha value is -0.350. The van der Waals surface area contributed by atoms with Gasteiger partial charge in [-0.3, -0.25) is 4.39 Å². The molecule has 0 aliphatic carbocycles. The maximum atomic E-state index is 11.6. The number of halogens is 5. The summed E-state index contributed by atoms with van der Waals surface area (Å²) in [5.41, 5.74) is 0. The minimum atomic E-state index is -4.16. The minimum Gasteiger partial charge on any atom is -0.251 e. The van der Waals surface area contributed by atoms with Gasteiger partial charge in [-0.2, -0.15) is 0 Å². The van der Waals surface area contributed by atoms with Gasteiger partial charge < -0.3 is 0 Å². The molecule has 0 aromatic heterocycles. The monoisotopic (exact) mass is 206 g/mol. The first kappa shape index (κ1) is 15.1. The second-order valence-corrected chi connectivity index (χ2v) is 2.50. The van der Waals surface area contributed by atoms with Crippen LogP contribution in [0, 0.1) is 0 Å². The lowest BCUT2D eigenvalue weighted by Gasteiger charge is -2.11. The van der Waals surface area contributed by atoms with Gasteiger partial charge in [-0.05, 0) is 0 Å². The van der Waals surface area contributed by atoms with Gasteiger partial charge in [-0.1, -0.05) is 26.7 Å². The van der Waals surface area contributed by atoms with Crippen LogP contribution in [0.25, 0.3) is 0 Å². The molecule has 0 atom stereocenters. The van der Waals surface area contributed by atoms with Gasteiger partial charge in [0.05, 0.1) is 6.67 Å². The van der Waals surface area contributed by atoms with Crippen LogP contribution in [0.1, 0.15) is 33.1 Å². The Labute approximate surface area is 75.1 Å². The summed E-state index contributed by atoms with van der Waals surface area (Å²) in [4.78, 5) is 0. The molecular formula is C8H15F5. The fourth-order valence-electron chi connectivity index (χ4n) is 0.235. The highest BCUT2D eigenvalue weighted by Crippen LogP contribution is 2.26. The average molecular weight is 206 g/mol.